The van der Waals surface area contributed by atoms with Gasteiger partial charge in [0.1, 0.15) is 0 Å². The van der Waals surface area contributed by atoms with Gasteiger partial charge in [-0.1, -0.05) is 22.0 Å². The van der Waals surface area contributed by atoms with Crippen LogP contribution in [0.1, 0.15) is 34.9 Å². The summed E-state index contributed by atoms with van der Waals surface area (Å²) in [5, 5.41) is 2.04. The number of hydrogen-bond acceptors (Lipinski definition) is 3. The molecule has 0 spiro atoms. The first-order valence-electron chi connectivity index (χ1n) is 6.82. The Balaban J connectivity index is 1.93. The second-order valence-corrected chi connectivity index (χ2v) is 8.87. The highest BCUT2D eigenvalue weighted by molar-refractivity contribution is 9.10. The SMILES string of the molecule is Cc1ccc(Br)cc1S(=O)(=O)NC1CCCc2sccc21. The molecule has 1 aliphatic carbocycles. The quantitative estimate of drug-likeness (QED) is 0.861. The topological polar surface area (TPSA) is 46.2 Å². The summed E-state index contributed by atoms with van der Waals surface area (Å²) in [5.74, 6) is 0. The molecule has 1 N–H and O–H groups in total. The van der Waals surface area contributed by atoms with Gasteiger partial charge in [-0.05, 0) is 60.9 Å². The monoisotopic (exact) mass is 385 g/mol. The van der Waals surface area contributed by atoms with Crippen LogP contribution >= 0.6 is 27.3 Å². The number of benzene rings is 1. The minimum Gasteiger partial charge on any atom is -0.207 e. The van der Waals surface area contributed by atoms with Crippen LogP contribution in [0, 0.1) is 6.92 Å². The average molecular weight is 386 g/mol. The average Bonchev–Trinajstić information content (AvgIpc) is 2.90. The summed E-state index contributed by atoms with van der Waals surface area (Å²) in [5.41, 5.74) is 1.90. The number of halogens is 1. The molecular formula is C15H16BrNO2S2. The van der Waals surface area contributed by atoms with Gasteiger partial charge in [-0.15, -0.1) is 11.3 Å². The zero-order valence-electron chi connectivity index (χ0n) is 11.6. The van der Waals surface area contributed by atoms with Crippen molar-refractivity contribution in [3.05, 3.63) is 50.1 Å². The first-order chi connectivity index (χ1) is 9.97. The fourth-order valence-corrected chi connectivity index (χ4v) is 5.74. The number of sulfonamides is 1. The lowest BCUT2D eigenvalue weighted by Gasteiger charge is -2.24. The second kappa shape index (κ2) is 5.83. The molecule has 112 valence electrons. The van der Waals surface area contributed by atoms with E-state index in [4.69, 9.17) is 0 Å². The van der Waals surface area contributed by atoms with Crippen LogP contribution in [0.5, 0.6) is 0 Å². The van der Waals surface area contributed by atoms with Crippen molar-refractivity contribution in [1.82, 2.24) is 4.72 Å². The summed E-state index contributed by atoms with van der Waals surface area (Å²) in [6, 6.07) is 7.26. The lowest BCUT2D eigenvalue weighted by atomic mass is 9.95. The van der Waals surface area contributed by atoms with Gasteiger partial charge in [0.25, 0.3) is 0 Å². The van der Waals surface area contributed by atoms with E-state index in [1.165, 1.54) is 4.88 Å². The first kappa shape index (κ1) is 15.2. The van der Waals surface area contributed by atoms with E-state index in [0.29, 0.717) is 4.90 Å². The fraction of sp³-hybridized carbons (Fsp3) is 0.333. The Hall–Kier alpha value is -0.690. The van der Waals surface area contributed by atoms with Crippen molar-refractivity contribution < 1.29 is 8.42 Å². The van der Waals surface area contributed by atoms with E-state index in [0.717, 1.165) is 34.9 Å². The van der Waals surface area contributed by atoms with Crippen molar-refractivity contribution in [2.45, 2.75) is 37.1 Å². The normalized spacial score (nSPS) is 18.5. The summed E-state index contributed by atoms with van der Waals surface area (Å²) in [4.78, 5) is 1.65. The van der Waals surface area contributed by atoms with Gasteiger partial charge in [0, 0.05) is 15.4 Å². The Morgan fingerprint density at radius 1 is 1.33 bits per heavy atom. The minimum absolute atomic E-state index is 0.108. The van der Waals surface area contributed by atoms with Crippen molar-refractivity contribution in [1.29, 1.82) is 0 Å². The number of rotatable bonds is 3. The molecule has 0 fully saturated rings. The van der Waals surface area contributed by atoms with E-state index in [1.54, 1.807) is 17.4 Å². The molecule has 0 aliphatic heterocycles. The third-order valence-corrected chi connectivity index (χ3v) is 6.89. The van der Waals surface area contributed by atoms with Gasteiger partial charge in [-0.2, -0.15) is 0 Å². The van der Waals surface area contributed by atoms with Gasteiger partial charge in [0.05, 0.1) is 4.90 Å². The molecule has 6 heteroatoms. The van der Waals surface area contributed by atoms with Gasteiger partial charge < -0.3 is 0 Å². The summed E-state index contributed by atoms with van der Waals surface area (Å²) >= 11 is 5.06. The molecule has 1 aromatic carbocycles. The molecule has 3 rings (SSSR count). The first-order valence-corrected chi connectivity index (χ1v) is 9.98. The molecule has 1 aliphatic rings. The maximum Gasteiger partial charge on any atom is 0.241 e. The number of aryl methyl sites for hydroxylation is 2. The Bertz CT molecular complexity index is 768. The molecule has 1 heterocycles. The molecule has 1 unspecified atom stereocenters. The van der Waals surface area contributed by atoms with Crippen molar-refractivity contribution in [3.8, 4) is 0 Å². The number of hydrogen-bond donors (Lipinski definition) is 1. The minimum atomic E-state index is -3.51. The van der Waals surface area contributed by atoms with Crippen LogP contribution in [0.3, 0.4) is 0 Å². The van der Waals surface area contributed by atoms with Crippen molar-refractivity contribution in [3.63, 3.8) is 0 Å². The van der Waals surface area contributed by atoms with Crippen LogP contribution in [0.4, 0.5) is 0 Å². The van der Waals surface area contributed by atoms with Gasteiger partial charge in [-0.25, -0.2) is 13.1 Å². The molecule has 2 aromatic rings. The van der Waals surface area contributed by atoms with Gasteiger partial charge in [0.15, 0.2) is 0 Å². The Kier molecular flexibility index (Phi) is 4.23. The molecule has 1 aromatic heterocycles. The third kappa shape index (κ3) is 3.08. The van der Waals surface area contributed by atoms with Gasteiger partial charge >= 0.3 is 0 Å². The molecule has 0 radical (unpaired) electrons. The van der Waals surface area contributed by atoms with E-state index in [9.17, 15) is 8.42 Å². The summed E-state index contributed by atoms with van der Waals surface area (Å²) in [6.07, 6.45) is 2.94. The van der Waals surface area contributed by atoms with Crippen LogP contribution in [0.15, 0.2) is 39.0 Å². The molecule has 0 saturated carbocycles. The standard InChI is InChI=1S/C15H16BrNO2S2/c1-10-5-6-11(16)9-15(10)21(18,19)17-13-3-2-4-14-12(13)7-8-20-14/h5-9,13,17H,2-4H2,1H3. The smallest absolute Gasteiger partial charge is 0.207 e. The number of thiophene rings is 1. The zero-order valence-corrected chi connectivity index (χ0v) is 14.8. The van der Waals surface area contributed by atoms with E-state index >= 15 is 0 Å². The van der Waals surface area contributed by atoms with E-state index < -0.39 is 10.0 Å². The third-order valence-electron chi connectivity index (χ3n) is 3.79. The van der Waals surface area contributed by atoms with E-state index in [2.05, 4.69) is 20.7 Å². The van der Waals surface area contributed by atoms with Crippen LogP contribution < -0.4 is 4.72 Å². The predicted octanol–water partition coefficient (Wildman–Crippen LogP) is 4.17. The maximum atomic E-state index is 12.7. The lowest BCUT2D eigenvalue weighted by Crippen LogP contribution is -2.31. The van der Waals surface area contributed by atoms with Crippen LogP contribution in [0.2, 0.25) is 0 Å². The Labute approximate surface area is 137 Å². The number of fused-ring (bicyclic) bond motifs is 1. The van der Waals surface area contributed by atoms with Crippen LogP contribution in [-0.4, -0.2) is 8.42 Å². The van der Waals surface area contributed by atoms with Crippen molar-refractivity contribution in [2.24, 2.45) is 0 Å². The lowest BCUT2D eigenvalue weighted by molar-refractivity contribution is 0.511. The Morgan fingerprint density at radius 2 is 2.14 bits per heavy atom. The molecule has 21 heavy (non-hydrogen) atoms. The summed E-state index contributed by atoms with van der Waals surface area (Å²) in [6.45, 7) is 1.82. The van der Waals surface area contributed by atoms with Crippen molar-refractivity contribution >= 4 is 37.3 Å². The predicted molar refractivity (Wildman–Crippen MR) is 89.2 cm³/mol. The maximum absolute atomic E-state index is 12.7. The number of nitrogens with one attached hydrogen (secondary N) is 1. The van der Waals surface area contributed by atoms with Gasteiger partial charge in [-0.3, -0.25) is 0 Å². The zero-order chi connectivity index (χ0) is 15.0. The molecule has 0 bridgehead atoms. The molecular weight excluding hydrogens is 370 g/mol. The van der Waals surface area contributed by atoms with Gasteiger partial charge in [0.2, 0.25) is 10.0 Å². The molecule has 3 nitrogen and oxygen atoms in total. The molecule has 0 amide bonds. The van der Waals surface area contributed by atoms with E-state index in [1.807, 2.05) is 30.5 Å². The second-order valence-electron chi connectivity index (χ2n) is 5.28. The highest BCUT2D eigenvalue weighted by Crippen LogP contribution is 2.34. The summed E-state index contributed by atoms with van der Waals surface area (Å²) in [7, 11) is -3.51. The van der Waals surface area contributed by atoms with Crippen molar-refractivity contribution in [2.75, 3.05) is 0 Å². The summed E-state index contributed by atoms with van der Waals surface area (Å²) < 4.78 is 29.0. The fourth-order valence-electron chi connectivity index (χ4n) is 2.72. The van der Waals surface area contributed by atoms with E-state index in [-0.39, 0.29) is 6.04 Å². The molecule has 0 saturated heterocycles. The largest absolute Gasteiger partial charge is 0.241 e. The highest BCUT2D eigenvalue weighted by Gasteiger charge is 2.27. The van der Waals surface area contributed by atoms with Crippen LogP contribution in [-0.2, 0) is 16.4 Å². The Morgan fingerprint density at radius 3 is 2.95 bits per heavy atom. The van der Waals surface area contributed by atoms with Crippen LogP contribution in [0.25, 0.3) is 0 Å². The molecule has 1 atom stereocenters. The highest BCUT2D eigenvalue weighted by atomic mass is 79.9.